The van der Waals surface area contributed by atoms with Gasteiger partial charge in [0, 0.05) is 13.6 Å². The van der Waals surface area contributed by atoms with Gasteiger partial charge in [0.2, 0.25) is 0 Å². The van der Waals surface area contributed by atoms with Gasteiger partial charge in [-0.05, 0) is 43.0 Å². The second kappa shape index (κ2) is 4.17. The van der Waals surface area contributed by atoms with Crippen molar-refractivity contribution in [1.82, 2.24) is 19.3 Å². The molecular weight excluding hydrogens is 252 g/mol. The van der Waals surface area contributed by atoms with Crippen molar-refractivity contribution < 1.29 is 0 Å². The number of hydrogen-bond acceptors (Lipinski definition) is 3. The summed E-state index contributed by atoms with van der Waals surface area (Å²) in [6.07, 6.45) is 1.30. The van der Waals surface area contributed by atoms with Gasteiger partial charge in [-0.1, -0.05) is 0 Å². The van der Waals surface area contributed by atoms with Crippen molar-refractivity contribution in [1.29, 1.82) is 0 Å². The Labute approximate surface area is 109 Å². The summed E-state index contributed by atoms with van der Waals surface area (Å²) in [5.41, 5.74) is 3.24. The van der Waals surface area contributed by atoms with Crippen LogP contribution >= 0.6 is 24.0 Å². The zero-order valence-electron chi connectivity index (χ0n) is 10.1. The summed E-state index contributed by atoms with van der Waals surface area (Å²) in [6, 6.07) is 0. The van der Waals surface area contributed by atoms with Gasteiger partial charge < -0.3 is 9.55 Å². The van der Waals surface area contributed by atoms with Gasteiger partial charge in [0.15, 0.2) is 10.4 Å². The molecule has 3 rings (SSSR count). The molecule has 1 aliphatic rings. The Hall–Kier alpha value is -0.750. The van der Waals surface area contributed by atoms with E-state index in [4.69, 9.17) is 12.2 Å². The molecular formula is C11H16N4S2. The first-order valence-corrected chi connectivity index (χ1v) is 7.43. The molecule has 92 valence electrons. The largest absolute Gasteiger partial charge is 0.328 e. The van der Waals surface area contributed by atoms with Gasteiger partial charge in [0.25, 0.3) is 0 Å². The van der Waals surface area contributed by atoms with E-state index >= 15 is 0 Å². The van der Waals surface area contributed by atoms with Crippen molar-refractivity contribution >= 4 is 35.1 Å². The Kier molecular flexibility index (Phi) is 2.78. The molecule has 0 aliphatic carbocycles. The molecule has 17 heavy (non-hydrogen) atoms. The first-order chi connectivity index (χ1) is 8.16. The topological polar surface area (TPSA) is 38.5 Å². The average Bonchev–Trinajstić information content (AvgIpc) is 2.93. The van der Waals surface area contributed by atoms with E-state index in [-0.39, 0.29) is 0 Å². The fraction of sp³-hybridized carbons (Fsp3) is 0.636. The number of nitrogens with zero attached hydrogens (tertiary/aromatic N) is 3. The Balaban J connectivity index is 2.07. The third-order valence-corrected chi connectivity index (χ3v) is 4.94. The van der Waals surface area contributed by atoms with Gasteiger partial charge in [-0.2, -0.15) is 16.9 Å². The third kappa shape index (κ3) is 1.83. The predicted octanol–water partition coefficient (Wildman–Crippen LogP) is 2.49. The lowest BCUT2D eigenvalue weighted by molar-refractivity contribution is 0.491. The summed E-state index contributed by atoms with van der Waals surface area (Å²) in [6.45, 7) is 3.04. The van der Waals surface area contributed by atoms with Crippen LogP contribution in [0.2, 0.25) is 0 Å². The Morgan fingerprint density at radius 2 is 2.41 bits per heavy atom. The number of aryl methyl sites for hydroxylation is 2. The highest BCUT2D eigenvalue weighted by Gasteiger charge is 2.19. The Morgan fingerprint density at radius 3 is 3.12 bits per heavy atom. The number of imidazole rings is 1. The quantitative estimate of drug-likeness (QED) is 0.851. The SMILES string of the molecule is Cc1nn(C)c2c1[nH]c(=S)n2CC1CCSC1. The summed E-state index contributed by atoms with van der Waals surface area (Å²) >= 11 is 7.46. The molecule has 0 bridgehead atoms. The van der Waals surface area contributed by atoms with Crippen LogP contribution in [0.3, 0.4) is 0 Å². The lowest BCUT2D eigenvalue weighted by atomic mass is 10.1. The van der Waals surface area contributed by atoms with Crippen LogP contribution in [0.15, 0.2) is 0 Å². The van der Waals surface area contributed by atoms with Gasteiger partial charge in [0.05, 0.1) is 5.69 Å². The van der Waals surface area contributed by atoms with Gasteiger partial charge in [-0.25, -0.2) is 0 Å². The zero-order chi connectivity index (χ0) is 12.0. The van der Waals surface area contributed by atoms with Crippen LogP contribution in [0.4, 0.5) is 0 Å². The minimum absolute atomic E-state index is 0.751. The average molecular weight is 268 g/mol. The Morgan fingerprint density at radius 1 is 1.59 bits per heavy atom. The number of H-pyrrole nitrogens is 1. The lowest BCUT2D eigenvalue weighted by Gasteiger charge is -2.10. The molecule has 6 heteroatoms. The second-order valence-corrected chi connectivity index (χ2v) is 6.21. The van der Waals surface area contributed by atoms with E-state index in [2.05, 4.69) is 14.6 Å². The molecule has 2 aromatic rings. The number of nitrogens with one attached hydrogen (secondary N) is 1. The standard InChI is InChI=1S/C11H16N4S2/c1-7-9-10(14(2)13-7)15(11(16)12-9)5-8-3-4-17-6-8/h8H,3-6H2,1-2H3,(H,12,16). The van der Waals surface area contributed by atoms with E-state index in [1.54, 1.807) is 0 Å². The highest BCUT2D eigenvalue weighted by Crippen LogP contribution is 2.26. The zero-order valence-corrected chi connectivity index (χ0v) is 11.7. The molecule has 2 aromatic heterocycles. The minimum Gasteiger partial charge on any atom is -0.328 e. The van der Waals surface area contributed by atoms with E-state index in [9.17, 15) is 0 Å². The second-order valence-electron chi connectivity index (χ2n) is 4.68. The van der Waals surface area contributed by atoms with E-state index in [0.29, 0.717) is 0 Å². The summed E-state index contributed by atoms with van der Waals surface area (Å²) in [5.74, 6) is 3.29. The van der Waals surface area contributed by atoms with Gasteiger partial charge >= 0.3 is 0 Å². The number of thioether (sulfide) groups is 1. The van der Waals surface area contributed by atoms with Crippen molar-refractivity contribution in [3.05, 3.63) is 10.5 Å². The first-order valence-electron chi connectivity index (χ1n) is 5.86. The maximum absolute atomic E-state index is 5.42. The molecule has 0 aromatic carbocycles. The third-order valence-electron chi connectivity index (χ3n) is 3.39. The van der Waals surface area contributed by atoms with Crippen LogP contribution in [-0.2, 0) is 13.6 Å². The molecule has 3 heterocycles. The highest BCUT2D eigenvalue weighted by molar-refractivity contribution is 7.99. The van der Waals surface area contributed by atoms with Gasteiger partial charge in [-0.15, -0.1) is 0 Å². The molecule has 0 saturated carbocycles. The van der Waals surface area contributed by atoms with Crippen LogP contribution in [0, 0.1) is 17.6 Å². The number of aromatic amines is 1. The van der Waals surface area contributed by atoms with Crippen molar-refractivity contribution in [2.24, 2.45) is 13.0 Å². The smallest absolute Gasteiger partial charge is 0.179 e. The molecule has 1 N–H and O–H groups in total. The summed E-state index contributed by atoms with van der Waals surface area (Å²) in [7, 11) is 1.98. The maximum atomic E-state index is 5.42. The van der Waals surface area contributed by atoms with Crippen molar-refractivity contribution in [3.8, 4) is 0 Å². The number of rotatable bonds is 2. The molecule has 0 amide bonds. The van der Waals surface area contributed by atoms with E-state index in [1.165, 1.54) is 17.9 Å². The molecule has 1 fully saturated rings. The number of hydrogen-bond donors (Lipinski definition) is 1. The molecule has 1 unspecified atom stereocenters. The minimum atomic E-state index is 0.751. The highest BCUT2D eigenvalue weighted by atomic mass is 32.2. The van der Waals surface area contributed by atoms with E-state index in [0.717, 1.165) is 34.1 Å². The fourth-order valence-electron chi connectivity index (χ4n) is 2.53. The van der Waals surface area contributed by atoms with E-state index < -0.39 is 0 Å². The van der Waals surface area contributed by atoms with Crippen molar-refractivity contribution in [2.45, 2.75) is 19.9 Å². The first kappa shape index (κ1) is 11.3. The predicted molar refractivity (Wildman–Crippen MR) is 74.1 cm³/mol. The van der Waals surface area contributed by atoms with E-state index in [1.807, 2.05) is 30.4 Å². The van der Waals surface area contributed by atoms with Gasteiger partial charge in [-0.3, -0.25) is 4.68 Å². The molecule has 1 atom stereocenters. The molecule has 0 radical (unpaired) electrons. The summed E-state index contributed by atoms with van der Waals surface area (Å²) in [5, 5.41) is 4.44. The van der Waals surface area contributed by atoms with Crippen LogP contribution in [-0.4, -0.2) is 30.8 Å². The van der Waals surface area contributed by atoms with Crippen LogP contribution in [0.1, 0.15) is 12.1 Å². The molecule has 1 aliphatic heterocycles. The van der Waals surface area contributed by atoms with Crippen LogP contribution < -0.4 is 0 Å². The normalized spacial score (nSPS) is 20.5. The number of aromatic nitrogens is 4. The monoisotopic (exact) mass is 268 g/mol. The summed E-state index contributed by atoms with van der Waals surface area (Å²) < 4.78 is 4.97. The molecule has 0 spiro atoms. The fourth-order valence-corrected chi connectivity index (χ4v) is 4.06. The molecule has 4 nitrogen and oxygen atoms in total. The number of fused-ring (bicyclic) bond motifs is 1. The maximum Gasteiger partial charge on any atom is 0.179 e. The summed E-state index contributed by atoms with van der Waals surface area (Å²) in [4.78, 5) is 3.28. The van der Waals surface area contributed by atoms with Crippen molar-refractivity contribution in [3.63, 3.8) is 0 Å². The lowest BCUT2D eigenvalue weighted by Crippen LogP contribution is -2.11. The van der Waals surface area contributed by atoms with Gasteiger partial charge in [0.1, 0.15) is 5.52 Å². The molecule has 1 saturated heterocycles. The Bertz CT molecular complexity index is 601. The van der Waals surface area contributed by atoms with Crippen LogP contribution in [0.5, 0.6) is 0 Å². The van der Waals surface area contributed by atoms with Crippen molar-refractivity contribution in [2.75, 3.05) is 11.5 Å². The van der Waals surface area contributed by atoms with Crippen LogP contribution in [0.25, 0.3) is 11.2 Å².